The highest BCUT2D eigenvalue weighted by Gasteiger charge is 2.36. The lowest BCUT2D eigenvalue weighted by atomic mass is 9.99. The van der Waals surface area contributed by atoms with Crippen molar-refractivity contribution in [3.8, 4) is 0 Å². The molecule has 1 saturated carbocycles. The van der Waals surface area contributed by atoms with Gasteiger partial charge in [0.15, 0.2) is 0 Å². The smallest absolute Gasteiger partial charge is 0.383 e. The van der Waals surface area contributed by atoms with Gasteiger partial charge in [-0.05, 0) is 42.5 Å². The first-order valence-electron chi connectivity index (χ1n) is 9.73. The van der Waals surface area contributed by atoms with Crippen molar-refractivity contribution in [2.24, 2.45) is 0 Å². The minimum absolute atomic E-state index is 0.0589. The third-order valence-electron chi connectivity index (χ3n) is 5.18. The minimum atomic E-state index is -4.49. The summed E-state index contributed by atoms with van der Waals surface area (Å²) in [6.45, 7) is 3.42. The summed E-state index contributed by atoms with van der Waals surface area (Å²) in [5.41, 5.74) is 2.41. The molecule has 1 aliphatic carbocycles. The van der Waals surface area contributed by atoms with Gasteiger partial charge < -0.3 is 15.4 Å². The van der Waals surface area contributed by atoms with Crippen LogP contribution in [0.1, 0.15) is 29.5 Å². The van der Waals surface area contributed by atoms with Crippen molar-refractivity contribution in [1.82, 2.24) is 14.9 Å². The van der Waals surface area contributed by atoms with E-state index >= 15 is 0 Å². The van der Waals surface area contributed by atoms with Gasteiger partial charge in [0.25, 0.3) is 0 Å². The Hall–Kier alpha value is -2.39. The number of alkyl halides is 3. The molecular formula is C20H24F3N5O. The van der Waals surface area contributed by atoms with Crippen LogP contribution in [0.2, 0.25) is 0 Å². The van der Waals surface area contributed by atoms with Crippen molar-refractivity contribution in [2.45, 2.75) is 38.0 Å². The fourth-order valence-corrected chi connectivity index (χ4v) is 3.41. The zero-order valence-corrected chi connectivity index (χ0v) is 16.2. The molecule has 1 fully saturated rings. The van der Waals surface area contributed by atoms with Crippen LogP contribution >= 0.6 is 0 Å². The van der Waals surface area contributed by atoms with Crippen LogP contribution in [0.5, 0.6) is 0 Å². The van der Waals surface area contributed by atoms with Crippen LogP contribution in [0.25, 0.3) is 0 Å². The average molecular weight is 407 g/mol. The van der Waals surface area contributed by atoms with Gasteiger partial charge in [-0.15, -0.1) is 0 Å². The molecule has 2 N–H and O–H groups in total. The molecule has 0 bridgehead atoms. The first-order chi connectivity index (χ1) is 13.9. The number of fused-ring (bicyclic) bond motifs is 1. The van der Waals surface area contributed by atoms with E-state index in [2.05, 4.69) is 25.5 Å². The van der Waals surface area contributed by atoms with Gasteiger partial charge in [-0.25, -0.2) is 4.98 Å². The molecule has 6 nitrogen and oxygen atoms in total. The van der Waals surface area contributed by atoms with Crippen molar-refractivity contribution in [2.75, 3.05) is 37.4 Å². The third kappa shape index (κ3) is 4.97. The van der Waals surface area contributed by atoms with Gasteiger partial charge in [0.05, 0.1) is 6.61 Å². The maximum Gasteiger partial charge on any atom is 0.421 e. The van der Waals surface area contributed by atoms with E-state index in [4.69, 9.17) is 4.74 Å². The quantitative estimate of drug-likeness (QED) is 0.728. The molecular weight excluding hydrogens is 383 g/mol. The number of methoxy groups -OCH3 is 1. The SMILES string of the molecule is COCCN1CCc2cc(Nc3ncc(C(F)(F)F)c(NC4CC4)n3)ccc2C1. The van der Waals surface area contributed by atoms with Crippen LogP contribution in [-0.2, 0) is 23.9 Å². The minimum Gasteiger partial charge on any atom is -0.383 e. The highest BCUT2D eigenvalue weighted by atomic mass is 19.4. The summed E-state index contributed by atoms with van der Waals surface area (Å²) >= 11 is 0. The molecule has 2 heterocycles. The standard InChI is InChI=1S/C20H24F3N5O/c1-29-9-8-28-7-6-13-10-16(3-2-14(13)12-28)26-19-24-11-17(20(21,22)23)18(27-19)25-15-4-5-15/h2-3,10-11,15H,4-9,12H2,1H3,(H2,24,25,26,27). The summed E-state index contributed by atoms with van der Waals surface area (Å²) in [6.07, 6.45) is -1.02. The summed E-state index contributed by atoms with van der Waals surface area (Å²) in [5, 5.41) is 5.91. The predicted molar refractivity (Wildman–Crippen MR) is 104 cm³/mol. The van der Waals surface area contributed by atoms with Crippen LogP contribution in [0.4, 0.5) is 30.6 Å². The second-order valence-electron chi connectivity index (χ2n) is 7.50. The number of benzene rings is 1. The molecule has 9 heteroatoms. The molecule has 2 aromatic rings. The Morgan fingerprint density at radius 3 is 2.79 bits per heavy atom. The van der Waals surface area contributed by atoms with E-state index in [0.717, 1.165) is 50.8 Å². The number of nitrogens with one attached hydrogen (secondary N) is 2. The summed E-state index contributed by atoms with van der Waals surface area (Å²) in [4.78, 5) is 10.3. The lowest BCUT2D eigenvalue weighted by Crippen LogP contribution is -2.33. The van der Waals surface area contributed by atoms with Gasteiger partial charge in [0.2, 0.25) is 5.95 Å². The van der Waals surface area contributed by atoms with Crippen molar-refractivity contribution in [3.05, 3.63) is 41.1 Å². The molecule has 4 rings (SSSR count). The maximum absolute atomic E-state index is 13.2. The Morgan fingerprint density at radius 2 is 2.07 bits per heavy atom. The van der Waals surface area contributed by atoms with E-state index in [1.54, 1.807) is 7.11 Å². The zero-order chi connectivity index (χ0) is 20.4. The lowest BCUT2D eigenvalue weighted by molar-refractivity contribution is -0.137. The second-order valence-corrected chi connectivity index (χ2v) is 7.50. The van der Waals surface area contributed by atoms with Crippen molar-refractivity contribution in [1.29, 1.82) is 0 Å². The van der Waals surface area contributed by atoms with Gasteiger partial charge in [-0.3, -0.25) is 4.90 Å². The first-order valence-corrected chi connectivity index (χ1v) is 9.73. The molecule has 0 saturated heterocycles. The second kappa shape index (κ2) is 8.16. The van der Waals surface area contributed by atoms with Crippen molar-refractivity contribution >= 4 is 17.5 Å². The molecule has 156 valence electrons. The molecule has 0 atom stereocenters. The molecule has 0 amide bonds. The number of nitrogens with zero attached hydrogens (tertiary/aromatic N) is 3. The van der Waals surface area contributed by atoms with Crippen LogP contribution in [-0.4, -0.2) is 47.7 Å². The number of halogens is 3. The molecule has 1 aromatic carbocycles. The fraction of sp³-hybridized carbons (Fsp3) is 0.500. The highest BCUT2D eigenvalue weighted by molar-refractivity contribution is 5.59. The molecule has 1 aliphatic heterocycles. The lowest BCUT2D eigenvalue weighted by Gasteiger charge is -2.28. The van der Waals surface area contributed by atoms with Crippen LogP contribution < -0.4 is 10.6 Å². The maximum atomic E-state index is 13.2. The largest absolute Gasteiger partial charge is 0.421 e. The Balaban J connectivity index is 1.49. The Bertz CT molecular complexity index is 870. The molecule has 0 radical (unpaired) electrons. The molecule has 29 heavy (non-hydrogen) atoms. The summed E-state index contributed by atoms with van der Waals surface area (Å²) in [7, 11) is 1.70. The van der Waals surface area contributed by atoms with Crippen LogP contribution in [0, 0.1) is 0 Å². The molecule has 0 spiro atoms. The number of ether oxygens (including phenoxy) is 1. The van der Waals surface area contributed by atoms with E-state index in [0.29, 0.717) is 6.61 Å². The fourth-order valence-electron chi connectivity index (χ4n) is 3.41. The Morgan fingerprint density at radius 1 is 1.24 bits per heavy atom. The van der Waals surface area contributed by atoms with E-state index in [1.807, 2.05) is 18.2 Å². The number of aromatic nitrogens is 2. The van der Waals surface area contributed by atoms with Gasteiger partial charge in [0, 0.05) is 44.7 Å². The number of rotatable bonds is 7. The van der Waals surface area contributed by atoms with Gasteiger partial charge in [-0.1, -0.05) is 6.07 Å². The van der Waals surface area contributed by atoms with Gasteiger partial charge >= 0.3 is 6.18 Å². The Labute approximate surface area is 167 Å². The van der Waals surface area contributed by atoms with E-state index < -0.39 is 11.7 Å². The van der Waals surface area contributed by atoms with Gasteiger partial charge in [-0.2, -0.15) is 18.2 Å². The summed E-state index contributed by atoms with van der Waals surface area (Å²) < 4.78 is 44.8. The topological polar surface area (TPSA) is 62.3 Å². The molecule has 1 aromatic heterocycles. The highest BCUT2D eigenvalue weighted by Crippen LogP contribution is 2.36. The van der Waals surface area contributed by atoms with E-state index in [1.165, 1.54) is 11.1 Å². The zero-order valence-electron chi connectivity index (χ0n) is 16.2. The van der Waals surface area contributed by atoms with E-state index in [9.17, 15) is 13.2 Å². The van der Waals surface area contributed by atoms with E-state index in [-0.39, 0.29) is 17.8 Å². The third-order valence-corrected chi connectivity index (χ3v) is 5.18. The van der Waals surface area contributed by atoms with Crippen molar-refractivity contribution < 1.29 is 17.9 Å². The average Bonchev–Trinajstić information content (AvgIpc) is 3.49. The number of anilines is 3. The van der Waals surface area contributed by atoms with Crippen LogP contribution in [0.15, 0.2) is 24.4 Å². The molecule has 0 unspecified atom stereocenters. The number of hydrogen-bond acceptors (Lipinski definition) is 6. The van der Waals surface area contributed by atoms with Crippen LogP contribution in [0.3, 0.4) is 0 Å². The summed E-state index contributed by atoms with van der Waals surface area (Å²) in [5.74, 6) is -0.0112. The first kappa shape index (κ1) is 19.9. The van der Waals surface area contributed by atoms with Crippen molar-refractivity contribution in [3.63, 3.8) is 0 Å². The number of hydrogen-bond donors (Lipinski definition) is 2. The summed E-state index contributed by atoms with van der Waals surface area (Å²) in [6, 6.07) is 6.04. The Kier molecular flexibility index (Phi) is 5.60. The molecule has 2 aliphatic rings. The predicted octanol–water partition coefficient (Wildman–Crippen LogP) is 3.82. The monoisotopic (exact) mass is 407 g/mol. The normalized spacial score (nSPS) is 17.1. The van der Waals surface area contributed by atoms with Gasteiger partial charge in [0.1, 0.15) is 11.4 Å².